The summed E-state index contributed by atoms with van der Waals surface area (Å²) in [6, 6.07) is 3.13. The topological polar surface area (TPSA) is 50.2 Å². The molecule has 2 heterocycles. The molecule has 5 nitrogen and oxygen atoms in total. The monoisotopic (exact) mass is 414 g/mol. The quantitative estimate of drug-likeness (QED) is 0.814. The van der Waals surface area contributed by atoms with E-state index in [1.54, 1.807) is 27.9 Å². The van der Waals surface area contributed by atoms with Gasteiger partial charge in [0.2, 0.25) is 0 Å². The number of alkyl halides is 1. The van der Waals surface area contributed by atoms with Gasteiger partial charge in [0.15, 0.2) is 0 Å². The second-order valence-corrected chi connectivity index (χ2v) is 7.99. The molecule has 2 aliphatic carbocycles. The van der Waals surface area contributed by atoms with Crippen molar-refractivity contribution in [2.75, 3.05) is 6.54 Å². The summed E-state index contributed by atoms with van der Waals surface area (Å²) < 4.78 is 43.4. The number of urea groups is 1. The number of hydrogen-bond acceptors (Lipinski definition) is 2. The van der Waals surface area contributed by atoms with Crippen LogP contribution in [0, 0.1) is 17.6 Å². The highest BCUT2D eigenvalue weighted by molar-refractivity contribution is 5.77. The van der Waals surface area contributed by atoms with Crippen LogP contribution in [0.3, 0.4) is 0 Å². The molecule has 0 spiro atoms. The molecular formula is C22H21F3N4O. The van der Waals surface area contributed by atoms with E-state index >= 15 is 0 Å². The lowest BCUT2D eigenvalue weighted by molar-refractivity contribution is 0.184. The zero-order chi connectivity index (χ0) is 20.8. The number of carbonyl (C=O) groups excluding carboxylic acids is 1. The van der Waals surface area contributed by atoms with E-state index in [9.17, 15) is 18.0 Å². The van der Waals surface area contributed by atoms with Crippen LogP contribution in [0.15, 0.2) is 47.8 Å². The summed E-state index contributed by atoms with van der Waals surface area (Å²) >= 11 is 0. The van der Waals surface area contributed by atoms with Crippen LogP contribution in [0.4, 0.5) is 18.0 Å². The Bertz CT molecular complexity index is 1070. The average molecular weight is 414 g/mol. The van der Waals surface area contributed by atoms with Gasteiger partial charge in [0.1, 0.15) is 17.8 Å². The number of allylic oxidation sites excluding steroid dienone is 3. The van der Waals surface area contributed by atoms with E-state index in [1.807, 2.05) is 0 Å². The molecule has 0 radical (unpaired) electrons. The molecule has 5 rings (SSSR count). The van der Waals surface area contributed by atoms with E-state index in [1.165, 1.54) is 12.1 Å². The maximum atomic E-state index is 14.3. The van der Waals surface area contributed by atoms with Crippen LogP contribution in [-0.2, 0) is 13.1 Å². The average Bonchev–Trinajstić information content (AvgIpc) is 3.49. The summed E-state index contributed by atoms with van der Waals surface area (Å²) in [4.78, 5) is 14.4. The molecule has 1 fully saturated rings. The molecule has 2 aromatic rings. The van der Waals surface area contributed by atoms with Crippen molar-refractivity contribution in [1.29, 1.82) is 0 Å². The van der Waals surface area contributed by atoms with Crippen molar-refractivity contribution in [3.63, 3.8) is 0 Å². The zero-order valence-corrected chi connectivity index (χ0v) is 16.2. The first-order valence-electron chi connectivity index (χ1n) is 10.1. The summed E-state index contributed by atoms with van der Waals surface area (Å²) in [5.74, 6) is -1.01. The molecule has 1 aliphatic heterocycles. The first kappa shape index (κ1) is 19.0. The Kier molecular flexibility index (Phi) is 4.64. The van der Waals surface area contributed by atoms with Crippen molar-refractivity contribution < 1.29 is 18.0 Å². The maximum Gasteiger partial charge on any atom is 0.322 e. The minimum absolute atomic E-state index is 0.246. The number of nitrogens with zero attached hydrogens (tertiary/aromatic N) is 3. The number of halogens is 3. The third kappa shape index (κ3) is 3.51. The summed E-state index contributed by atoms with van der Waals surface area (Å²) in [6.45, 7) is 1.17. The molecule has 1 unspecified atom stereocenters. The van der Waals surface area contributed by atoms with Gasteiger partial charge < -0.3 is 10.2 Å². The number of hydrogen-bond donors (Lipinski definition) is 1. The minimum Gasteiger partial charge on any atom is -0.317 e. The van der Waals surface area contributed by atoms with Crippen LogP contribution in [0.25, 0.3) is 11.1 Å². The van der Waals surface area contributed by atoms with Gasteiger partial charge in [-0.25, -0.2) is 18.0 Å². The normalized spacial score (nSPS) is 21.0. The van der Waals surface area contributed by atoms with Gasteiger partial charge in [-0.1, -0.05) is 6.08 Å². The fourth-order valence-electron chi connectivity index (χ4n) is 4.13. The largest absolute Gasteiger partial charge is 0.322 e. The lowest BCUT2D eigenvalue weighted by Crippen LogP contribution is -2.44. The second kappa shape index (κ2) is 7.34. The third-order valence-corrected chi connectivity index (χ3v) is 5.91. The highest BCUT2D eigenvalue weighted by Crippen LogP contribution is 2.41. The second-order valence-electron chi connectivity index (χ2n) is 7.99. The highest BCUT2D eigenvalue weighted by Gasteiger charge is 2.33. The Morgan fingerprint density at radius 2 is 2.00 bits per heavy atom. The van der Waals surface area contributed by atoms with E-state index in [0.29, 0.717) is 36.0 Å². The molecule has 3 aliphatic rings. The summed E-state index contributed by atoms with van der Waals surface area (Å²) in [5, 5.41) is 7.16. The lowest BCUT2D eigenvalue weighted by Gasteiger charge is -2.29. The SMILES string of the molecule is O=C(NC1=CCC(F)C(C2CC2)=C1)N1CCn2ncc(-c3ccc(F)cc3F)c2C1. The number of rotatable bonds is 3. The van der Waals surface area contributed by atoms with Crippen molar-refractivity contribution in [3.8, 4) is 11.1 Å². The Morgan fingerprint density at radius 3 is 2.77 bits per heavy atom. The number of amides is 2. The van der Waals surface area contributed by atoms with Crippen LogP contribution in [0.2, 0.25) is 0 Å². The molecule has 0 bridgehead atoms. The Morgan fingerprint density at radius 1 is 1.17 bits per heavy atom. The number of benzene rings is 1. The smallest absolute Gasteiger partial charge is 0.317 e. The van der Waals surface area contributed by atoms with Crippen LogP contribution in [-0.4, -0.2) is 33.4 Å². The first-order chi connectivity index (χ1) is 14.5. The number of aromatic nitrogens is 2. The van der Waals surface area contributed by atoms with Gasteiger partial charge in [0, 0.05) is 35.9 Å². The molecule has 0 saturated heterocycles. The predicted octanol–water partition coefficient (Wildman–Crippen LogP) is 4.32. The first-order valence-corrected chi connectivity index (χ1v) is 10.1. The minimum atomic E-state index is -0.962. The number of carbonyl (C=O) groups is 1. The molecule has 1 aromatic heterocycles. The molecule has 156 valence electrons. The van der Waals surface area contributed by atoms with Gasteiger partial charge in [-0.2, -0.15) is 5.10 Å². The van der Waals surface area contributed by atoms with E-state index in [2.05, 4.69) is 10.4 Å². The maximum absolute atomic E-state index is 14.3. The van der Waals surface area contributed by atoms with Crippen LogP contribution in [0.5, 0.6) is 0 Å². The van der Waals surface area contributed by atoms with Gasteiger partial charge in [-0.05, 0) is 42.5 Å². The Labute approximate surface area is 171 Å². The van der Waals surface area contributed by atoms with E-state index < -0.39 is 17.8 Å². The van der Waals surface area contributed by atoms with Gasteiger partial charge in [0.05, 0.1) is 25.0 Å². The van der Waals surface area contributed by atoms with E-state index in [4.69, 9.17) is 0 Å². The molecular weight excluding hydrogens is 393 g/mol. The van der Waals surface area contributed by atoms with Crippen molar-refractivity contribution >= 4 is 6.03 Å². The molecule has 1 N–H and O–H groups in total. The van der Waals surface area contributed by atoms with Crippen molar-refractivity contribution in [2.45, 2.75) is 38.5 Å². The molecule has 8 heteroatoms. The van der Waals surface area contributed by atoms with Crippen molar-refractivity contribution in [3.05, 3.63) is 65.1 Å². The number of fused-ring (bicyclic) bond motifs is 1. The third-order valence-electron chi connectivity index (χ3n) is 5.91. The molecule has 30 heavy (non-hydrogen) atoms. The zero-order valence-electron chi connectivity index (χ0n) is 16.2. The highest BCUT2D eigenvalue weighted by atomic mass is 19.1. The van der Waals surface area contributed by atoms with Gasteiger partial charge in [-0.3, -0.25) is 4.68 Å². The van der Waals surface area contributed by atoms with Crippen LogP contribution in [0.1, 0.15) is 25.0 Å². The van der Waals surface area contributed by atoms with E-state index in [-0.39, 0.29) is 24.6 Å². The molecule has 1 atom stereocenters. The Balaban J connectivity index is 1.33. The lowest BCUT2D eigenvalue weighted by atomic mass is 9.97. The molecule has 1 saturated carbocycles. The van der Waals surface area contributed by atoms with E-state index in [0.717, 1.165) is 24.5 Å². The predicted molar refractivity (Wildman–Crippen MR) is 105 cm³/mol. The van der Waals surface area contributed by atoms with Gasteiger partial charge in [-0.15, -0.1) is 0 Å². The molecule has 1 aromatic carbocycles. The van der Waals surface area contributed by atoms with Crippen molar-refractivity contribution in [1.82, 2.24) is 20.0 Å². The number of nitrogens with one attached hydrogen (secondary N) is 1. The fraction of sp³-hybridized carbons (Fsp3) is 0.364. The van der Waals surface area contributed by atoms with Crippen LogP contribution < -0.4 is 5.32 Å². The Hall–Kier alpha value is -3.03. The fourth-order valence-corrected chi connectivity index (χ4v) is 4.13. The van der Waals surface area contributed by atoms with Crippen LogP contribution >= 0.6 is 0 Å². The summed E-state index contributed by atoms with van der Waals surface area (Å²) in [5.41, 5.74) is 2.88. The van der Waals surface area contributed by atoms with Gasteiger partial charge in [0.25, 0.3) is 0 Å². The summed E-state index contributed by atoms with van der Waals surface area (Å²) in [6.07, 6.45) is 6.34. The standard InChI is InChI=1S/C22H21F3N4O/c23-14-3-5-16(20(25)9-14)18-11-26-29-8-7-28(12-21(18)29)22(30)27-15-4-6-19(24)17(10-15)13-1-2-13/h3-5,9-11,13,19H,1-2,6-8,12H2,(H,27,30). The molecule has 2 amide bonds. The van der Waals surface area contributed by atoms with Gasteiger partial charge >= 0.3 is 6.03 Å². The van der Waals surface area contributed by atoms with Crippen molar-refractivity contribution in [2.24, 2.45) is 5.92 Å². The summed E-state index contributed by atoms with van der Waals surface area (Å²) in [7, 11) is 0.